The van der Waals surface area contributed by atoms with Crippen LogP contribution in [0.4, 0.5) is 10.1 Å². The highest BCUT2D eigenvalue weighted by atomic mass is 19.1. The number of carbonyl (C=O) groups excluding carboxylic acids is 2. The van der Waals surface area contributed by atoms with Crippen LogP contribution in [0.3, 0.4) is 0 Å². The van der Waals surface area contributed by atoms with Crippen molar-refractivity contribution in [1.82, 2.24) is 9.78 Å². The Hall–Kier alpha value is -4.52. The van der Waals surface area contributed by atoms with Gasteiger partial charge in [-0.1, -0.05) is 55.1 Å². The van der Waals surface area contributed by atoms with Crippen molar-refractivity contribution in [3.05, 3.63) is 109 Å². The van der Waals surface area contributed by atoms with E-state index in [2.05, 4.69) is 17.0 Å². The highest BCUT2D eigenvalue weighted by Crippen LogP contribution is 2.27. The van der Waals surface area contributed by atoms with Crippen LogP contribution in [0.1, 0.15) is 15.9 Å². The molecule has 33 heavy (non-hydrogen) atoms. The summed E-state index contributed by atoms with van der Waals surface area (Å²) in [6, 6.07) is 22.0. The van der Waals surface area contributed by atoms with Gasteiger partial charge in [-0.25, -0.2) is 13.9 Å². The van der Waals surface area contributed by atoms with E-state index in [1.807, 2.05) is 30.3 Å². The molecule has 4 rings (SSSR count). The highest BCUT2D eigenvalue weighted by Gasteiger charge is 2.20. The normalized spacial score (nSPS) is 10.5. The largest absolute Gasteiger partial charge is 0.465 e. The van der Waals surface area contributed by atoms with Crippen LogP contribution in [0.15, 0.2) is 91.6 Å². The minimum atomic E-state index is -0.522. The molecule has 0 aliphatic carbocycles. The zero-order valence-corrected chi connectivity index (χ0v) is 17.8. The number of para-hydroxylation sites is 1. The number of esters is 1. The monoisotopic (exact) mass is 441 g/mol. The zero-order chi connectivity index (χ0) is 23.4. The molecule has 1 amide bonds. The molecule has 3 aromatic carbocycles. The van der Waals surface area contributed by atoms with Gasteiger partial charge in [-0.05, 0) is 35.9 Å². The van der Waals surface area contributed by atoms with Crippen molar-refractivity contribution in [2.24, 2.45) is 0 Å². The zero-order valence-electron chi connectivity index (χ0n) is 17.8. The highest BCUT2D eigenvalue weighted by molar-refractivity contribution is 6.15. The minimum absolute atomic E-state index is 0.225. The summed E-state index contributed by atoms with van der Waals surface area (Å²) < 4.78 is 19.9. The van der Waals surface area contributed by atoms with E-state index in [9.17, 15) is 14.0 Å². The number of nitrogens with zero attached hydrogens (tertiary/aromatic N) is 2. The molecule has 0 saturated carbocycles. The molecule has 4 aromatic rings. The van der Waals surface area contributed by atoms with Crippen LogP contribution < -0.4 is 5.32 Å². The average molecular weight is 441 g/mol. The summed E-state index contributed by atoms with van der Waals surface area (Å²) in [6.07, 6.45) is 1.63. The summed E-state index contributed by atoms with van der Waals surface area (Å²) in [6.45, 7) is 3.75. The molecule has 0 unspecified atom stereocenters. The number of nitrogens with one attached hydrogen (secondary N) is 1. The number of halogens is 1. The maximum Gasteiger partial charge on any atom is 0.337 e. The van der Waals surface area contributed by atoms with Crippen LogP contribution in [0.2, 0.25) is 0 Å². The van der Waals surface area contributed by atoms with Crippen LogP contribution in [-0.2, 0) is 9.53 Å². The lowest BCUT2D eigenvalue weighted by molar-refractivity contribution is -0.133. The van der Waals surface area contributed by atoms with Gasteiger partial charge < -0.3 is 10.1 Å². The van der Waals surface area contributed by atoms with E-state index in [1.54, 1.807) is 41.2 Å². The second kappa shape index (κ2) is 9.32. The van der Waals surface area contributed by atoms with E-state index in [1.165, 1.54) is 25.3 Å². The van der Waals surface area contributed by atoms with Gasteiger partial charge in [0, 0.05) is 17.4 Å². The average Bonchev–Trinajstić information content (AvgIpc) is 3.29. The number of anilines is 1. The fourth-order valence-corrected chi connectivity index (χ4v) is 3.30. The third-order valence-electron chi connectivity index (χ3n) is 5.00. The van der Waals surface area contributed by atoms with Crippen molar-refractivity contribution in [3.63, 3.8) is 0 Å². The van der Waals surface area contributed by atoms with Gasteiger partial charge >= 0.3 is 5.97 Å². The molecule has 1 heterocycles. The van der Waals surface area contributed by atoms with Crippen LogP contribution in [0.25, 0.3) is 22.5 Å². The van der Waals surface area contributed by atoms with Gasteiger partial charge in [0.1, 0.15) is 11.5 Å². The molecule has 7 heteroatoms. The first-order valence-corrected chi connectivity index (χ1v) is 10.1. The Bertz CT molecular complexity index is 1330. The first kappa shape index (κ1) is 21.7. The van der Waals surface area contributed by atoms with Crippen molar-refractivity contribution in [2.45, 2.75) is 0 Å². The van der Waals surface area contributed by atoms with Gasteiger partial charge in [0.25, 0.3) is 5.91 Å². The van der Waals surface area contributed by atoms with E-state index in [-0.39, 0.29) is 5.57 Å². The standard InChI is InChI=1S/C26H20FN3O3/c1-17(26(32)33-2)18-11-13-19(14-12-18)24-23(16-30(29-24)22-9-4-3-5-10-22)25(31)28-21-8-6-7-20(27)15-21/h3-16H,1H2,2H3,(H,28,31). The smallest absolute Gasteiger partial charge is 0.337 e. The van der Waals surface area contributed by atoms with Gasteiger partial charge in [-0.3, -0.25) is 4.79 Å². The van der Waals surface area contributed by atoms with Crippen molar-refractivity contribution in [3.8, 4) is 16.9 Å². The summed E-state index contributed by atoms with van der Waals surface area (Å²) in [5, 5.41) is 7.34. The summed E-state index contributed by atoms with van der Waals surface area (Å²) in [7, 11) is 1.29. The molecule has 0 aliphatic heterocycles. The van der Waals surface area contributed by atoms with Gasteiger partial charge in [-0.15, -0.1) is 0 Å². The Morgan fingerprint density at radius 2 is 1.73 bits per heavy atom. The molecule has 1 N–H and O–H groups in total. The van der Waals surface area contributed by atoms with Crippen molar-refractivity contribution in [1.29, 1.82) is 0 Å². The fraction of sp³-hybridized carbons (Fsp3) is 0.0385. The SMILES string of the molecule is C=C(C(=O)OC)c1ccc(-c2nn(-c3ccccc3)cc2C(=O)Nc2cccc(F)c2)cc1. The lowest BCUT2D eigenvalue weighted by Crippen LogP contribution is -2.12. The maximum atomic E-state index is 13.6. The molecule has 0 saturated heterocycles. The first-order valence-electron chi connectivity index (χ1n) is 10.1. The van der Waals surface area contributed by atoms with Crippen molar-refractivity contribution >= 4 is 23.1 Å². The number of rotatable bonds is 6. The third kappa shape index (κ3) is 4.72. The Morgan fingerprint density at radius 3 is 2.39 bits per heavy atom. The Kier molecular flexibility index (Phi) is 6.13. The van der Waals surface area contributed by atoms with Gasteiger partial charge in [0.2, 0.25) is 0 Å². The number of aromatic nitrogens is 2. The molecule has 0 fully saturated rings. The number of hydrogen-bond acceptors (Lipinski definition) is 4. The second-order valence-electron chi connectivity index (χ2n) is 7.18. The van der Waals surface area contributed by atoms with E-state index < -0.39 is 17.7 Å². The number of benzene rings is 3. The predicted molar refractivity (Wildman–Crippen MR) is 124 cm³/mol. The molecule has 6 nitrogen and oxygen atoms in total. The number of hydrogen-bond donors (Lipinski definition) is 1. The predicted octanol–water partition coefficient (Wildman–Crippen LogP) is 5.12. The van der Waals surface area contributed by atoms with Crippen LogP contribution in [0, 0.1) is 5.82 Å². The first-order chi connectivity index (χ1) is 16.0. The molecule has 164 valence electrons. The minimum Gasteiger partial charge on any atom is -0.465 e. The van der Waals surface area contributed by atoms with E-state index in [0.717, 1.165) is 5.69 Å². The lowest BCUT2D eigenvalue weighted by atomic mass is 10.0. The van der Waals surface area contributed by atoms with E-state index >= 15 is 0 Å². The Morgan fingerprint density at radius 1 is 1.00 bits per heavy atom. The molecule has 0 bridgehead atoms. The number of carbonyl (C=O) groups is 2. The molecule has 0 atom stereocenters. The van der Waals surface area contributed by atoms with Crippen molar-refractivity contribution in [2.75, 3.05) is 12.4 Å². The number of amides is 1. The topological polar surface area (TPSA) is 73.2 Å². The molecule has 0 spiro atoms. The maximum absolute atomic E-state index is 13.6. The molecular weight excluding hydrogens is 421 g/mol. The van der Waals surface area contributed by atoms with Gasteiger partial charge in [0.05, 0.1) is 23.9 Å². The molecule has 1 aromatic heterocycles. The van der Waals surface area contributed by atoms with Crippen LogP contribution in [0.5, 0.6) is 0 Å². The fourth-order valence-electron chi connectivity index (χ4n) is 3.30. The van der Waals surface area contributed by atoms with Crippen LogP contribution in [-0.4, -0.2) is 28.8 Å². The molecular formula is C26H20FN3O3. The van der Waals surface area contributed by atoms with Crippen molar-refractivity contribution < 1.29 is 18.7 Å². The lowest BCUT2D eigenvalue weighted by Gasteiger charge is -2.07. The van der Waals surface area contributed by atoms with Gasteiger partial charge in [0.15, 0.2) is 0 Å². The van der Waals surface area contributed by atoms with Gasteiger partial charge in [-0.2, -0.15) is 5.10 Å². The van der Waals surface area contributed by atoms with E-state index in [4.69, 9.17) is 4.74 Å². The Balaban J connectivity index is 1.73. The summed E-state index contributed by atoms with van der Waals surface area (Å²) >= 11 is 0. The summed E-state index contributed by atoms with van der Waals surface area (Å²) in [5.41, 5.74) is 3.34. The van der Waals surface area contributed by atoms with E-state index in [0.29, 0.717) is 28.1 Å². The quantitative estimate of drug-likeness (QED) is 0.333. The summed E-state index contributed by atoms with van der Waals surface area (Å²) in [4.78, 5) is 24.9. The second-order valence-corrected chi connectivity index (χ2v) is 7.18. The Labute approximate surface area is 189 Å². The van der Waals surface area contributed by atoms with Crippen LogP contribution >= 0.6 is 0 Å². The number of methoxy groups -OCH3 is 1. The summed E-state index contributed by atoms with van der Waals surface area (Å²) in [5.74, 6) is -1.40. The molecule has 0 radical (unpaired) electrons. The third-order valence-corrected chi connectivity index (χ3v) is 5.00. The molecule has 0 aliphatic rings. The number of ether oxygens (including phenoxy) is 1.